The molecule has 0 amide bonds. The van der Waals surface area contributed by atoms with Gasteiger partial charge in [0.05, 0.1) is 0 Å². The van der Waals surface area contributed by atoms with Crippen LogP contribution in [0, 0.1) is 35.5 Å². The summed E-state index contributed by atoms with van der Waals surface area (Å²) in [4.78, 5) is 0. The minimum absolute atomic E-state index is 0.411. The van der Waals surface area contributed by atoms with E-state index in [2.05, 4.69) is 106 Å². The van der Waals surface area contributed by atoms with Crippen molar-refractivity contribution in [1.82, 2.24) is 0 Å². The zero-order chi connectivity index (χ0) is 21.6. The van der Waals surface area contributed by atoms with Crippen molar-refractivity contribution >= 4 is 31.9 Å². The monoisotopic (exact) mass is 526 g/mol. The molecule has 0 aliphatic heterocycles. The van der Waals surface area contributed by atoms with Crippen molar-refractivity contribution in [2.24, 2.45) is 11.8 Å². The molecule has 0 aliphatic carbocycles. The molecule has 0 heterocycles. The first-order valence-corrected chi connectivity index (χ1v) is 12.7. The van der Waals surface area contributed by atoms with Crippen LogP contribution in [-0.2, 0) is 0 Å². The van der Waals surface area contributed by atoms with Gasteiger partial charge in [-0.25, -0.2) is 0 Å². The molecule has 30 heavy (non-hydrogen) atoms. The first-order chi connectivity index (χ1) is 14.6. The maximum Gasteiger partial charge on any atom is 0.0246 e. The van der Waals surface area contributed by atoms with Crippen LogP contribution in [-0.4, -0.2) is 0 Å². The third-order valence-electron chi connectivity index (χ3n) is 5.17. The molecule has 0 spiro atoms. The molecule has 0 saturated heterocycles. The molecule has 2 rings (SSSR count). The minimum Gasteiger partial charge on any atom is -0.0948 e. The standard InChI is InChI=1S/C28H32Br2/c1-3-4-5-6-9-24(13-14-26-17-21-28(30)22-18-26)10-7-8-23(2)11-12-25-15-19-27(29)20-16-25/h15-24H,3-10H2,1-2H3. The van der Waals surface area contributed by atoms with E-state index in [0.29, 0.717) is 11.8 Å². The Morgan fingerprint density at radius 2 is 1.20 bits per heavy atom. The first-order valence-electron chi connectivity index (χ1n) is 11.1. The van der Waals surface area contributed by atoms with Gasteiger partial charge in [-0.1, -0.05) is 101 Å². The van der Waals surface area contributed by atoms with Crippen molar-refractivity contribution in [2.75, 3.05) is 0 Å². The minimum atomic E-state index is 0.411. The van der Waals surface area contributed by atoms with Crippen molar-refractivity contribution in [3.05, 3.63) is 68.6 Å². The molecular weight excluding hydrogens is 496 g/mol. The molecule has 0 bridgehead atoms. The predicted molar refractivity (Wildman–Crippen MR) is 137 cm³/mol. The van der Waals surface area contributed by atoms with E-state index in [4.69, 9.17) is 0 Å². The van der Waals surface area contributed by atoms with Crippen molar-refractivity contribution in [1.29, 1.82) is 0 Å². The topological polar surface area (TPSA) is 0 Å². The third kappa shape index (κ3) is 10.5. The molecule has 0 aliphatic rings. The van der Waals surface area contributed by atoms with Gasteiger partial charge in [0.1, 0.15) is 0 Å². The molecular formula is C28H32Br2. The van der Waals surface area contributed by atoms with Gasteiger partial charge in [-0.15, -0.1) is 0 Å². The highest BCUT2D eigenvalue weighted by atomic mass is 79.9. The molecule has 0 aromatic heterocycles. The second-order valence-electron chi connectivity index (χ2n) is 7.93. The fourth-order valence-corrected chi connectivity index (χ4v) is 3.84. The van der Waals surface area contributed by atoms with Crippen LogP contribution in [0.2, 0.25) is 0 Å². The number of benzene rings is 2. The molecule has 2 heteroatoms. The van der Waals surface area contributed by atoms with E-state index in [0.717, 1.165) is 26.5 Å². The molecule has 0 fully saturated rings. The van der Waals surface area contributed by atoms with E-state index in [1.807, 2.05) is 12.1 Å². The van der Waals surface area contributed by atoms with Crippen molar-refractivity contribution in [2.45, 2.75) is 65.2 Å². The maximum absolute atomic E-state index is 3.56. The summed E-state index contributed by atoms with van der Waals surface area (Å²) in [5.41, 5.74) is 2.18. The van der Waals surface area contributed by atoms with Gasteiger partial charge in [-0.2, -0.15) is 0 Å². The van der Waals surface area contributed by atoms with Gasteiger partial charge in [0.2, 0.25) is 0 Å². The zero-order valence-electron chi connectivity index (χ0n) is 18.2. The number of unbranched alkanes of at least 4 members (excludes halogenated alkanes) is 3. The Balaban J connectivity index is 1.86. The predicted octanol–water partition coefficient (Wildman–Crippen LogP) is 9.01. The van der Waals surface area contributed by atoms with Crippen LogP contribution < -0.4 is 0 Å². The number of hydrogen-bond acceptors (Lipinski definition) is 0. The Hall–Kier alpha value is -1.48. The van der Waals surface area contributed by atoms with Gasteiger partial charge >= 0.3 is 0 Å². The molecule has 0 N–H and O–H groups in total. The molecule has 0 nitrogen and oxygen atoms in total. The van der Waals surface area contributed by atoms with E-state index in [1.165, 1.54) is 44.9 Å². The largest absolute Gasteiger partial charge is 0.0948 e. The maximum atomic E-state index is 3.56. The van der Waals surface area contributed by atoms with Gasteiger partial charge in [0, 0.05) is 31.9 Å². The molecule has 2 aromatic rings. The highest BCUT2D eigenvalue weighted by molar-refractivity contribution is 9.10. The lowest BCUT2D eigenvalue weighted by Gasteiger charge is -2.11. The second-order valence-corrected chi connectivity index (χ2v) is 9.76. The van der Waals surface area contributed by atoms with Crippen molar-refractivity contribution < 1.29 is 0 Å². The molecule has 0 saturated carbocycles. The number of hydrogen-bond donors (Lipinski definition) is 0. The Bertz CT molecular complexity index is 857. The number of rotatable bonds is 9. The highest BCUT2D eigenvalue weighted by Gasteiger charge is 2.07. The summed E-state index contributed by atoms with van der Waals surface area (Å²) in [7, 11) is 0. The Morgan fingerprint density at radius 3 is 1.77 bits per heavy atom. The molecule has 2 aromatic carbocycles. The summed E-state index contributed by atoms with van der Waals surface area (Å²) in [6.07, 6.45) is 9.91. The lowest BCUT2D eigenvalue weighted by Crippen LogP contribution is -2.00. The van der Waals surface area contributed by atoms with Gasteiger partial charge < -0.3 is 0 Å². The van der Waals surface area contributed by atoms with Gasteiger partial charge in [-0.3, -0.25) is 0 Å². The summed E-state index contributed by atoms with van der Waals surface area (Å²) in [5, 5.41) is 0. The van der Waals surface area contributed by atoms with Gasteiger partial charge in [0.15, 0.2) is 0 Å². The molecule has 158 valence electrons. The SMILES string of the molecule is CCCCCCC(C#Cc1ccc(Br)cc1)CCCC(C)C#Cc1ccc(Br)cc1. The lowest BCUT2D eigenvalue weighted by molar-refractivity contribution is 0.475. The quantitative estimate of drug-likeness (QED) is 0.225. The van der Waals surface area contributed by atoms with Gasteiger partial charge in [-0.05, 0) is 67.8 Å². The van der Waals surface area contributed by atoms with Crippen LogP contribution in [0.5, 0.6) is 0 Å². The second kappa shape index (κ2) is 14.5. The smallest absolute Gasteiger partial charge is 0.0246 e. The lowest BCUT2D eigenvalue weighted by atomic mass is 9.93. The van der Waals surface area contributed by atoms with Crippen LogP contribution in [0.4, 0.5) is 0 Å². The fraction of sp³-hybridized carbons (Fsp3) is 0.429. The Morgan fingerprint density at radius 1 is 0.667 bits per heavy atom. The highest BCUT2D eigenvalue weighted by Crippen LogP contribution is 2.19. The van der Waals surface area contributed by atoms with Crippen LogP contribution in [0.25, 0.3) is 0 Å². The van der Waals surface area contributed by atoms with Gasteiger partial charge in [0.25, 0.3) is 0 Å². The fourth-order valence-electron chi connectivity index (χ4n) is 3.31. The van der Waals surface area contributed by atoms with Crippen molar-refractivity contribution in [3.63, 3.8) is 0 Å². The summed E-state index contributed by atoms with van der Waals surface area (Å²) in [5.74, 6) is 14.6. The zero-order valence-corrected chi connectivity index (χ0v) is 21.4. The Kier molecular flexibility index (Phi) is 12.0. The third-order valence-corrected chi connectivity index (χ3v) is 6.23. The van der Waals surface area contributed by atoms with E-state index < -0.39 is 0 Å². The van der Waals surface area contributed by atoms with Crippen LogP contribution in [0.1, 0.15) is 76.3 Å². The summed E-state index contributed by atoms with van der Waals surface area (Å²) < 4.78 is 2.19. The molecule has 0 radical (unpaired) electrons. The van der Waals surface area contributed by atoms with E-state index in [-0.39, 0.29) is 0 Å². The Labute approximate surface area is 200 Å². The van der Waals surface area contributed by atoms with Crippen molar-refractivity contribution in [3.8, 4) is 23.7 Å². The summed E-state index contributed by atoms with van der Waals surface area (Å²) >= 11 is 6.96. The average molecular weight is 528 g/mol. The summed E-state index contributed by atoms with van der Waals surface area (Å²) in [6.45, 7) is 4.50. The van der Waals surface area contributed by atoms with E-state index in [1.54, 1.807) is 0 Å². The van der Waals surface area contributed by atoms with E-state index in [9.17, 15) is 0 Å². The summed E-state index contributed by atoms with van der Waals surface area (Å²) in [6, 6.07) is 16.5. The van der Waals surface area contributed by atoms with E-state index >= 15 is 0 Å². The number of halogens is 2. The van der Waals surface area contributed by atoms with Crippen LogP contribution >= 0.6 is 31.9 Å². The van der Waals surface area contributed by atoms with Crippen LogP contribution in [0.15, 0.2) is 57.5 Å². The normalized spacial score (nSPS) is 12.3. The molecule has 2 atom stereocenters. The first kappa shape index (κ1) is 24.8. The molecule has 2 unspecified atom stereocenters. The van der Waals surface area contributed by atoms with Crippen LogP contribution in [0.3, 0.4) is 0 Å². The average Bonchev–Trinajstić information content (AvgIpc) is 2.75.